The molecular weight excluding hydrogens is 492 g/mol. The van der Waals surface area contributed by atoms with Crippen LogP contribution in [-0.4, -0.2) is 34.9 Å². The SMILES string of the molecule is COCc1cc(-c2nc(-c3cc(F)c(CNCC(=O)O)c(F)c3)no2)ccc1-c1ccccc1C.Cl. The molecule has 0 atom stereocenters. The first-order chi connectivity index (χ1) is 16.9. The Morgan fingerprint density at radius 1 is 1.06 bits per heavy atom. The van der Waals surface area contributed by atoms with Crippen LogP contribution in [0.1, 0.15) is 16.7 Å². The van der Waals surface area contributed by atoms with E-state index in [9.17, 15) is 13.6 Å². The van der Waals surface area contributed by atoms with Gasteiger partial charge in [0.25, 0.3) is 5.89 Å². The molecule has 0 unspecified atom stereocenters. The predicted molar refractivity (Wildman–Crippen MR) is 133 cm³/mol. The van der Waals surface area contributed by atoms with Gasteiger partial charge in [-0.1, -0.05) is 35.5 Å². The van der Waals surface area contributed by atoms with Gasteiger partial charge in [0.05, 0.1) is 13.2 Å². The summed E-state index contributed by atoms with van der Waals surface area (Å²) in [6.45, 7) is 1.72. The highest BCUT2D eigenvalue weighted by molar-refractivity contribution is 5.85. The molecule has 0 saturated carbocycles. The number of rotatable bonds is 9. The van der Waals surface area contributed by atoms with E-state index in [1.54, 1.807) is 7.11 Å². The number of aryl methyl sites for hydroxylation is 1. The van der Waals surface area contributed by atoms with E-state index >= 15 is 0 Å². The van der Waals surface area contributed by atoms with Gasteiger partial charge in [-0.25, -0.2) is 8.78 Å². The third kappa shape index (κ3) is 5.93. The molecule has 188 valence electrons. The molecule has 0 bridgehead atoms. The number of hydrogen-bond donors (Lipinski definition) is 2. The number of halogens is 3. The lowest BCUT2D eigenvalue weighted by Gasteiger charge is -2.12. The number of nitrogens with zero attached hydrogens (tertiary/aromatic N) is 2. The third-order valence-electron chi connectivity index (χ3n) is 5.49. The van der Waals surface area contributed by atoms with E-state index < -0.39 is 24.1 Å². The van der Waals surface area contributed by atoms with Gasteiger partial charge in [-0.3, -0.25) is 4.79 Å². The van der Waals surface area contributed by atoms with E-state index in [1.807, 2.05) is 49.4 Å². The van der Waals surface area contributed by atoms with Crippen LogP contribution >= 0.6 is 12.4 Å². The first kappa shape index (κ1) is 26.9. The summed E-state index contributed by atoms with van der Waals surface area (Å²) in [5.41, 5.74) is 4.63. The number of benzene rings is 3. The topological polar surface area (TPSA) is 97.5 Å². The highest BCUT2D eigenvalue weighted by Gasteiger charge is 2.18. The van der Waals surface area contributed by atoms with Gasteiger partial charge in [0.15, 0.2) is 0 Å². The van der Waals surface area contributed by atoms with E-state index in [4.69, 9.17) is 14.4 Å². The largest absolute Gasteiger partial charge is 0.480 e. The highest BCUT2D eigenvalue weighted by atomic mass is 35.5. The molecule has 2 N–H and O–H groups in total. The maximum Gasteiger partial charge on any atom is 0.317 e. The monoisotopic (exact) mass is 515 g/mol. The van der Waals surface area contributed by atoms with Crippen LogP contribution < -0.4 is 5.32 Å². The first-order valence-corrected chi connectivity index (χ1v) is 10.8. The highest BCUT2D eigenvalue weighted by Crippen LogP contribution is 2.32. The smallest absolute Gasteiger partial charge is 0.317 e. The lowest BCUT2D eigenvalue weighted by molar-refractivity contribution is -0.136. The van der Waals surface area contributed by atoms with Crippen molar-refractivity contribution in [2.75, 3.05) is 13.7 Å². The minimum Gasteiger partial charge on any atom is -0.480 e. The van der Waals surface area contributed by atoms with Gasteiger partial charge in [0.2, 0.25) is 5.82 Å². The van der Waals surface area contributed by atoms with Crippen LogP contribution in [0.25, 0.3) is 34.0 Å². The molecule has 3 aromatic carbocycles. The van der Waals surface area contributed by atoms with Crippen molar-refractivity contribution in [1.29, 1.82) is 0 Å². The number of methoxy groups -OCH3 is 1. The fourth-order valence-corrected chi connectivity index (χ4v) is 3.79. The van der Waals surface area contributed by atoms with Gasteiger partial charge in [-0.15, -0.1) is 12.4 Å². The van der Waals surface area contributed by atoms with Crippen molar-refractivity contribution in [1.82, 2.24) is 15.5 Å². The Bertz CT molecular complexity index is 1350. The first-order valence-electron chi connectivity index (χ1n) is 10.8. The Balaban J connectivity index is 0.00000361. The summed E-state index contributed by atoms with van der Waals surface area (Å²) in [5, 5.41) is 15.0. The van der Waals surface area contributed by atoms with Crippen LogP contribution in [0.2, 0.25) is 0 Å². The minimum atomic E-state index is -1.12. The lowest BCUT2D eigenvalue weighted by Crippen LogP contribution is -2.23. The second-order valence-electron chi connectivity index (χ2n) is 7.96. The number of aromatic nitrogens is 2. The van der Waals surface area contributed by atoms with Crippen molar-refractivity contribution in [3.05, 3.63) is 82.9 Å². The van der Waals surface area contributed by atoms with E-state index in [0.717, 1.165) is 34.4 Å². The van der Waals surface area contributed by atoms with Gasteiger partial charge in [0, 0.05) is 30.3 Å². The number of nitrogens with one attached hydrogen (secondary N) is 1. The zero-order chi connectivity index (χ0) is 24.9. The number of ether oxygens (including phenoxy) is 1. The van der Waals surface area contributed by atoms with Crippen molar-refractivity contribution < 1.29 is 27.9 Å². The Morgan fingerprint density at radius 3 is 2.44 bits per heavy atom. The lowest BCUT2D eigenvalue weighted by atomic mass is 9.94. The van der Waals surface area contributed by atoms with Crippen LogP contribution in [0.15, 0.2) is 59.1 Å². The van der Waals surface area contributed by atoms with E-state index in [0.29, 0.717) is 12.2 Å². The summed E-state index contributed by atoms with van der Waals surface area (Å²) >= 11 is 0. The molecule has 0 aliphatic heterocycles. The molecule has 0 fully saturated rings. The maximum absolute atomic E-state index is 14.5. The molecule has 4 rings (SSSR count). The van der Waals surface area contributed by atoms with E-state index in [-0.39, 0.29) is 41.8 Å². The molecule has 36 heavy (non-hydrogen) atoms. The molecule has 7 nitrogen and oxygen atoms in total. The van der Waals surface area contributed by atoms with Crippen molar-refractivity contribution >= 4 is 18.4 Å². The number of carboxylic acids is 1. The zero-order valence-electron chi connectivity index (χ0n) is 19.5. The molecule has 0 radical (unpaired) electrons. The Kier molecular flexibility index (Phi) is 8.87. The summed E-state index contributed by atoms with van der Waals surface area (Å²) in [6, 6.07) is 15.9. The molecule has 0 amide bonds. The van der Waals surface area contributed by atoms with Gasteiger partial charge < -0.3 is 19.7 Å². The molecule has 0 aliphatic carbocycles. The second-order valence-corrected chi connectivity index (χ2v) is 7.96. The van der Waals surface area contributed by atoms with Gasteiger partial charge in [0.1, 0.15) is 11.6 Å². The summed E-state index contributed by atoms with van der Waals surface area (Å²) < 4.78 is 39.8. The van der Waals surface area contributed by atoms with Crippen molar-refractivity contribution in [3.63, 3.8) is 0 Å². The summed E-state index contributed by atoms with van der Waals surface area (Å²) in [5.74, 6) is -2.58. The standard InChI is InChI=1S/C26H23F2N3O4.ClH/c1-15-5-3-4-6-19(15)20-8-7-16(9-18(20)14-34-2)26-30-25(31-35-26)17-10-22(27)21(23(28)11-17)12-29-13-24(32)33;/h3-11,29H,12-14H2,1-2H3,(H,32,33);1H. The van der Waals surface area contributed by atoms with Crippen LogP contribution in [0.5, 0.6) is 0 Å². The van der Waals surface area contributed by atoms with Gasteiger partial charge >= 0.3 is 5.97 Å². The predicted octanol–water partition coefficient (Wildman–Crippen LogP) is 5.40. The fourth-order valence-electron chi connectivity index (χ4n) is 3.79. The summed E-state index contributed by atoms with van der Waals surface area (Å²) in [7, 11) is 1.61. The van der Waals surface area contributed by atoms with Crippen LogP contribution in [0.4, 0.5) is 8.78 Å². The summed E-state index contributed by atoms with van der Waals surface area (Å²) in [6.07, 6.45) is 0. The van der Waals surface area contributed by atoms with Crippen molar-refractivity contribution in [2.24, 2.45) is 0 Å². The average Bonchev–Trinajstić information content (AvgIpc) is 3.32. The number of hydrogen-bond acceptors (Lipinski definition) is 6. The van der Waals surface area contributed by atoms with Crippen molar-refractivity contribution in [3.8, 4) is 34.0 Å². The van der Waals surface area contributed by atoms with Crippen molar-refractivity contribution in [2.45, 2.75) is 20.1 Å². The zero-order valence-corrected chi connectivity index (χ0v) is 20.4. The molecular formula is C26H24ClF2N3O4. The van der Waals surface area contributed by atoms with Crippen LogP contribution in [-0.2, 0) is 22.7 Å². The second kappa shape index (κ2) is 11.9. The number of carbonyl (C=O) groups is 1. The minimum absolute atomic E-state index is 0. The van der Waals surface area contributed by atoms with Crippen LogP contribution in [0.3, 0.4) is 0 Å². The molecule has 4 aromatic rings. The normalized spacial score (nSPS) is 10.8. The van der Waals surface area contributed by atoms with E-state index in [2.05, 4.69) is 15.5 Å². The summed E-state index contributed by atoms with van der Waals surface area (Å²) in [4.78, 5) is 14.9. The fraction of sp³-hybridized carbons (Fsp3) is 0.192. The average molecular weight is 516 g/mol. The molecule has 0 saturated heterocycles. The van der Waals surface area contributed by atoms with Gasteiger partial charge in [-0.2, -0.15) is 4.98 Å². The Morgan fingerprint density at radius 2 is 1.78 bits per heavy atom. The molecule has 10 heteroatoms. The molecule has 1 aromatic heterocycles. The number of aliphatic carboxylic acids is 1. The molecule has 1 heterocycles. The van der Waals surface area contributed by atoms with Gasteiger partial charge in [-0.05, 0) is 53.4 Å². The molecule has 0 aliphatic rings. The van der Waals surface area contributed by atoms with Crippen LogP contribution in [0, 0.1) is 18.6 Å². The Labute approximate surface area is 212 Å². The Hall–Kier alpha value is -3.66. The quantitative estimate of drug-likeness (QED) is 0.308. The third-order valence-corrected chi connectivity index (χ3v) is 5.49. The molecule has 0 spiro atoms. The van der Waals surface area contributed by atoms with E-state index in [1.165, 1.54) is 0 Å². The number of carboxylic acid groups (broad SMARTS) is 1. The maximum atomic E-state index is 14.5.